The van der Waals surface area contributed by atoms with Gasteiger partial charge in [0.2, 0.25) is 11.8 Å². The van der Waals surface area contributed by atoms with Gasteiger partial charge in [-0.3, -0.25) is 14.4 Å². The molecule has 0 aromatic heterocycles. The van der Waals surface area contributed by atoms with Crippen LogP contribution in [0.25, 0.3) is 11.1 Å². The molecule has 226 valence electrons. The Balaban J connectivity index is 1.93. The number of benzene rings is 2. The largest absolute Gasteiger partial charge is 0.354 e. The summed E-state index contributed by atoms with van der Waals surface area (Å²) < 4.78 is 13.7. The van der Waals surface area contributed by atoms with Crippen molar-refractivity contribution in [3.05, 3.63) is 83.7 Å². The van der Waals surface area contributed by atoms with Gasteiger partial charge in [0.15, 0.2) is 0 Å². The molecule has 1 aliphatic heterocycles. The fourth-order valence-electron chi connectivity index (χ4n) is 5.03. The van der Waals surface area contributed by atoms with Gasteiger partial charge >= 0.3 is 0 Å². The van der Waals surface area contributed by atoms with E-state index in [0.717, 1.165) is 49.7 Å². The zero-order chi connectivity index (χ0) is 30.2. The number of hydrogen-bond donors (Lipinski definition) is 3. The van der Waals surface area contributed by atoms with Crippen molar-refractivity contribution in [2.24, 2.45) is 5.92 Å². The topological polar surface area (TPSA) is 87.3 Å². The molecule has 3 N–H and O–H groups in total. The number of hydrogen-bond acceptors (Lipinski definition) is 3. The SMILES string of the molecule is CC(C)[C@@H]1NC(=O)/C(c2ccccc2)=C\C=C(\c2ccc(F)cc2)CNC(=O)CCCCCCCCCCCNC1=O. The molecule has 0 saturated heterocycles. The Morgan fingerprint density at radius 2 is 1.33 bits per heavy atom. The van der Waals surface area contributed by atoms with Crippen LogP contribution in [0, 0.1) is 11.7 Å². The fraction of sp³-hybridized carbons (Fsp3) is 0.457. The number of carbonyl (C=O) groups excluding carboxylic acids is 3. The lowest BCUT2D eigenvalue weighted by Crippen LogP contribution is -2.50. The van der Waals surface area contributed by atoms with Gasteiger partial charge in [-0.1, -0.05) is 107 Å². The van der Waals surface area contributed by atoms with Crippen LogP contribution in [-0.2, 0) is 14.4 Å². The van der Waals surface area contributed by atoms with Crippen LogP contribution in [0.4, 0.5) is 4.39 Å². The van der Waals surface area contributed by atoms with Gasteiger partial charge in [0, 0.05) is 25.1 Å². The Labute approximate surface area is 250 Å². The minimum atomic E-state index is -0.689. The van der Waals surface area contributed by atoms with Crippen molar-refractivity contribution in [2.75, 3.05) is 13.1 Å². The first-order valence-electron chi connectivity index (χ1n) is 15.4. The predicted molar refractivity (Wildman–Crippen MR) is 168 cm³/mol. The first kappa shape index (κ1) is 32.8. The highest BCUT2D eigenvalue weighted by atomic mass is 19.1. The number of nitrogens with one attached hydrogen (secondary N) is 3. The molecule has 0 radical (unpaired) electrons. The maximum Gasteiger partial charge on any atom is 0.252 e. The quantitative estimate of drug-likeness (QED) is 0.386. The molecular weight excluding hydrogens is 529 g/mol. The summed E-state index contributed by atoms with van der Waals surface area (Å²) in [5.41, 5.74) is 2.56. The normalized spacial score (nSPS) is 22.1. The van der Waals surface area contributed by atoms with E-state index in [1.807, 2.05) is 44.2 Å². The highest BCUT2D eigenvalue weighted by molar-refractivity contribution is 6.20. The molecule has 1 heterocycles. The Kier molecular flexibility index (Phi) is 14.0. The molecule has 0 fully saturated rings. The molecule has 42 heavy (non-hydrogen) atoms. The first-order chi connectivity index (χ1) is 20.3. The van der Waals surface area contributed by atoms with Crippen LogP contribution in [0.15, 0.2) is 66.7 Å². The van der Waals surface area contributed by atoms with E-state index in [9.17, 15) is 18.8 Å². The third-order valence-corrected chi connectivity index (χ3v) is 7.59. The van der Waals surface area contributed by atoms with E-state index in [2.05, 4.69) is 16.0 Å². The molecule has 1 atom stereocenters. The first-order valence-corrected chi connectivity index (χ1v) is 15.4. The van der Waals surface area contributed by atoms with Crippen molar-refractivity contribution in [3.63, 3.8) is 0 Å². The van der Waals surface area contributed by atoms with E-state index in [0.29, 0.717) is 24.1 Å². The van der Waals surface area contributed by atoms with Crippen LogP contribution < -0.4 is 16.0 Å². The highest BCUT2D eigenvalue weighted by Gasteiger charge is 2.25. The van der Waals surface area contributed by atoms with Gasteiger partial charge in [-0.25, -0.2) is 4.39 Å². The predicted octanol–water partition coefficient (Wildman–Crippen LogP) is 6.58. The lowest BCUT2D eigenvalue weighted by atomic mass is 9.99. The molecule has 7 heteroatoms. The van der Waals surface area contributed by atoms with Gasteiger partial charge in [0.05, 0.1) is 0 Å². The lowest BCUT2D eigenvalue weighted by molar-refractivity contribution is -0.127. The van der Waals surface area contributed by atoms with Crippen LogP contribution in [-0.4, -0.2) is 36.9 Å². The Morgan fingerprint density at radius 1 is 0.714 bits per heavy atom. The average molecular weight is 576 g/mol. The molecule has 6 nitrogen and oxygen atoms in total. The smallest absolute Gasteiger partial charge is 0.252 e. The molecule has 2 aromatic rings. The summed E-state index contributed by atoms with van der Waals surface area (Å²) in [6.45, 7) is 4.66. The van der Waals surface area contributed by atoms with Crippen molar-refractivity contribution < 1.29 is 18.8 Å². The van der Waals surface area contributed by atoms with E-state index in [1.54, 1.807) is 24.3 Å². The summed E-state index contributed by atoms with van der Waals surface area (Å²) in [4.78, 5) is 39.4. The van der Waals surface area contributed by atoms with Gasteiger partial charge in [-0.2, -0.15) is 0 Å². The fourth-order valence-corrected chi connectivity index (χ4v) is 5.03. The number of halogens is 1. The maximum absolute atomic E-state index is 13.7. The second-order valence-electron chi connectivity index (χ2n) is 11.3. The summed E-state index contributed by atoms with van der Waals surface area (Å²) in [6.07, 6.45) is 13.6. The maximum atomic E-state index is 13.7. The Hall–Kier alpha value is -3.74. The van der Waals surface area contributed by atoms with Crippen LogP contribution in [0.3, 0.4) is 0 Å². The number of carbonyl (C=O) groups is 3. The molecule has 0 spiro atoms. The Bertz CT molecular complexity index is 1210. The molecule has 0 aliphatic carbocycles. The Morgan fingerprint density at radius 3 is 1.98 bits per heavy atom. The molecule has 1 aliphatic rings. The van der Waals surface area contributed by atoms with Crippen LogP contribution in [0.5, 0.6) is 0 Å². The van der Waals surface area contributed by atoms with E-state index in [1.165, 1.54) is 31.4 Å². The second-order valence-corrected chi connectivity index (χ2v) is 11.3. The van der Waals surface area contributed by atoms with Crippen LogP contribution in [0.1, 0.15) is 89.2 Å². The van der Waals surface area contributed by atoms with E-state index in [-0.39, 0.29) is 36.0 Å². The zero-order valence-corrected chi connectivity index (χ0v) is 25.1. The van der Waals surface area contributed by atoms with E-state index >= 15 is 0 Å². The standard InChI is InChI=1S/C35H46FN3O3/c1-26(2)33-35(42)37-24-14-9-7-5-3-4-6-8-13-17-32(40)38-25-29(27-18-21-30(36)22-19-27)20-23-31(34(41)39-33)28-15-11-10-12-16-28/h10-12,15-16,18-23,26,33H,3-9,13-14,17,24-25H2,1-2H3,(H,37,42)(H,38,40)(H,39,41)/b29-20+,31-23-/t33-/m0/s1. The van der Waals surface area contributed by atoms with E-state index < -0.39 is 6.04 Å². The van der Waals surface area contributed by atoms with E-state index in [4.69, 9.17) is 0 Å². The molecule has 0 bridgehead atoms. The van der Waals surface area contributed by atoms with Gasteiger partial charge in [0.1, 0.15) is 11.9 Å². The summed E-state index contributed by atoms with van der Waals surface area (Å²) in [6, 6.07) is 14.7. The van der Waals surface area contributed by atoms with Crippen molar-refractivity contribution in [1.82, 2.24) is 16.0 Å². The third kappa shape index (κ3) is 11.3. The average Bonchev–Trinajstić information content (AvgIpc) is 2.98. The van der Waals surface area contributed by atoms with Gasteiger partial charge < -0.3 is 16.0 Å². The zero-order valence-electron chi connectivity index (χ0n) is 25.1. The molecule has 3 rings (SSSR count). The summed E-state index contributed by atoms with van der Waals surface area (Å²) in [5.74, 6) is -1.05. The highest BCUT2D eigenvalue weighted by Crippen LogP contribution is 2.20. The minimum Gasteiger partial charge on any atom is -0.354 e. The van der Waals surface area contributed by atoms with Crippen molar-refractivity contribution in [1.29, 1.82) is 0 Å². The van der Waals surface area contributed by atoms with Gasteiger partial charge in [-0.05, 0) is 53.7 Å². The summed E-state index contributed by atoms with van der Waals surface area (Å²) in [7, 11) is 0. The monoisotopic (exact) mass is 575 g/mol. The van der Waals surface area contributed by atoms with Crippen molar-refractivity contribution in [3.8, 4) is 0 Å². The summed E-state index contributed by atoms with van der Waals surface area (Å²) in [5, 5.41) is 8.98. The molecule has 0 unspecified atom stereocenters. The molecular formula is C35H46FN3O3. The second kappa shape index (κ2) is 17.9. The lowest BCUT2D eigenvalue weighted by Gasteiger charge is -2.22. The van der Waals surface area contributed by atoms with Crippen LogP contribution >= 0.6 is 0 Å². The van der Waals surface area contributed by atoms with Crippen molar-refractivity contribution in [2.45, 2.75) is 84.1 Å². The van der Waals surface area contributed by atoms with Crippen LogP contribution in [0.2, 0.25) is 0 Å². The number of amides is 3. The van der Waals surface area contributed by atoms with Gasteiger partial charge in [-0.15, -0.1) is 0 Å². The number of rotatable bonds is 3. The van der Waals surface area contributed by atoms with Gasteiger partial charge in [0.25, 0.3) is 5.91 Å². The molecule has 2 aromatic carbocycles. The molecule has 3 amide bonds. The third-order valence-electron chi connectivity index (χ3n) is 7.59. The minimum absolute atomic E-state index is 0.0304. The summed E-state index contributed by atoms with van der Waals surface area (Å²) >= 11 is 0. The number of allylic oxidation sites excluding steroid dienone is 2. The molecule has 0 saturated carbocycles. The van der Waals surface area contributed by atoms with Crippen molar-refractivity contribution >= 4 is 28.9 Å².